The lowest BCUT2D eigenvalue weighted by Gasteiger charge is -2.14. The van der Waals surface area contributed by atoms with E-state index in [1.807, 2.05) is 17.8 Å². The summed E-state index contributed by atoms with van der Waals surface area (Å²) >= 11 is 1.89. The van der Waals surface area contributed by atoms with Gasteiger partial charge in [-0.15, -0.1) is 0 Å². The van der Waals surface area contributed by atoms with Crippen LogP contribution in [-0.2, 0) is 0 Å². The lowest BCUT2D eigenvalue weighted by Crippen LogP contribution is -2.19. The Kier molecular flexibility index (Phi) is 3.90. The molecule has 0 aliphatic heterocycles. The molecule has 1 fully saturated rings. The molecule has 0 radical (unpaired) electrons. The number of hydrogen-bond acceptors (Lipinski definition) is 7. The molecule has 0 unspecified atom stereocenters. The van der Waals surface area contributed by atoms with Gasteiger partial charge >= 0.3 is 0 Å². The largest absolute Gasteiger partial charge is 0.493 e. The van der Waals surface area contributed by atoms with Crippen molar-refractivity contribution in [2.24, 2.45) is 0 Å². The second-order valence-electron chi connectivity index (χ2n) is 5.40. The number of benzene rings is 1. The number of nitrogens with one attached hydrogen (secondary N) is 1. The van der Waals surface area contributed by atoms with Gasteiger partial charge in [0, 0.05) is 22.7 Å². The Hall–Kier alpha value is -1.89. The highest BCUT2D eigenvalue weighted by molar-refractivity contribution is 8.00. The highest BCUT2D eigenvalue weighted by Crippen LogP contribution is 2.47. The van der Waals surface area contributed by atoms with Gasteiger partial charge < -0.3 is 20.5 Å². The first-order chi connectivity index (χ1) is 10.6. The van der Waals surface area contributed by atoms with Crippen LogP contribution in [0.5, 0.6) is 11.5 Å². The SMILES string of the molecule is COc1cc2nc(NCC3(SC)CC3)nc(N)c2cc1OC. The van der Waals surface area contributed by atoms with Gasteiger partial charge in [-0.2, -0.15) is 16.7 Å². The van der Waals surface area contributed by atoms with Gasteiger partial charge in [0.05, 0.1) is 19.7 Å². The average Bonchev–Trinajstić information content (AvgIpc) is 3.32. The van der Waals surface area contributed by atoms with Gasteiger partial charge in [0.25, 0.3) is 0 Å². The summed E-state index contributed by atoms with van der Waals surface area (Å²) in [5, 5.41) is 4.06. The van der Waals surface area contributed by atoms with Gasteiger partial charge in [-0.25, -0.2) is 4.98 Å². The van der Waals surface area contributed by atoms with Gasteiger partial charge in [-0.3, -0.25) is 0 Å². The van der Waals surface area contributed by atoms with Crippen molar-refractivity contribution in [1.29, 1.82) is 0 Å². The van der Waals surface area contributed by atoms with Crippen LogP contribution in [0.4, 0.5) is 11.8 Å². The van der Waals surface area contributed by atoms with Crippen molar-refractivity contribution < 1.29 is 9.47 Å². The normalized spacial score (nSPS) is 15.6. The van der Waals surface area contributed by atoms with Crippen LogP contribution in [0.25, 0.3) is 10.9 Å². The minimum atomic E-state index is 0.338. The molecule has 1 aliphatic carbocycles. The molecule has 0 amide bonds. The summed E-state index contributed by atoms with van der Waals surface area (Å²) in [7, 11) is 3.19. The molecular weight excluding hydrogens is 300 g/mol. The first kappa shape index (κ1) is 15.0. The van der Waals surface area contributed by atoms with Crippen molar-refractivity contribution in [3.8, 4) is 11.5 Å². The van der Waals surface area contributed by atoms with Gasteiger partial charge in [0.1, 0.15) is 5.82 Å². The topological polar surface area (TPSA) is 82.3 Å². The molecule has 2 aromatic rings. The monoisotopic (exact) mass is 320 g/mol. The van der Waals surface area contributed by atoms with Crippen molar-refractivity contribution >= 4 is 34.4 Å². The molecule has 0 spiro atoms. The molecule has 3 rings (SSSR count). The third kappa shape index (κ3) is 2.72. The quantitative estimate of drug-likeness (QED) is 0.846. The Morgan fingerprint density at radius 1 is 1.23 bits per heavy atom. The maximum Gasteiger partial charge on any atom is 0.225 e. The van der Waals surface area contributed by atoms with Crippen molar-refractivity contribution in [2.45, 2.75) is 17.6 Å². The van der Waals surface area contributed by atoms with Crippen molar-refractivity contribution in [1.82, 2.24) is 9.97 Å². The van der Waals surface area contributed by atoms with Crippen molar-refractivity contribution in [3.63, 3.8) is 0 Å². The Labute approximate surface area is 133 Å². The lowest BCUT2D eigenvalue weighted by atomic mass is 10.2. The summed E-state index contributed by atoms with van der Waals surface area (Å²) in [4.78, 5) is 8.89. The molecule has 0 bridgehead atoms. The van der Waals surface area contributed by atoms with Gasteiger partial charge in [0.15, 0.2) is 11.5 Å². The van der Waals surface area contributed by atoms with E-state index in [1.54, 1.807) is 20.3 Å². The highest BCUT2D eigenvalue weighted by atomic mass is 32.2. The number of rotatable bonds is 6. The smallest absolute Gasteiger partial charge is 0.225 e. The Morgan fingerprint density at radius 2 is 1.91 bits per heavy atom. The van der Waals surface area contributed by atoms with Crippen LogP contribution in [0.2, 0.25) is 0 Å². The molecule has 1 aromatic carbocycles. The third-order valence-corrected chi connectivity index (χ3v) is 5.46. The maximum atomic E-state index is 6.07. The van der Waals surface area contributed by atoms with E-state index < -0.39 is 0 Å². The minimum absolute atomic E-state index is 0.338. The first-order valence-electron chi connectivity index (χ1n) is 7.09. The molecule has 0 saturated heterocycles. The summed E-state index contributed by atoms with van der Waals surface area (Å²) in [5.41, 5.74) is 6.80. The second kappa shape index (κ2) is 5.72. The van der Waals surface area contributed by atoms with E-state index in [-0.39, 0.29) is 0 Å². The first-order valence-corrected chi connectivity index (χ1v) is 8.31. The molecule has 7 heteroatoms. The molecule has 0 atom stereocenters. The maximum absolute atomic E-state index is 6.07. The number of nitrogen functional groups attached to an aromatic ring is 1. The predicted octanol–water partition coefficient (Wildman–Crippen LogP) is 2.54. The van der Waals surface area contributed by atoms with E-state index in [2.05, 4.69) is 21.5 Å². The zero-order valence-electron chi connectivity index (χ0n) is 13.0. The Balaban J connectivity index is 1.93. The molecule has 1 aromatic heterocycles. The Bertz CT molecular complexity index is 703. The van der Waals surface area contributed by atoms with Crippen LogP contribution < -0.4 is 20.5 Å². The number of methoxy groups -OCH3 is 2. The van der Waals surface area contributed by atoms with Crippen LogP contribution in [0, 0.1) is 0 Å². The summed E-state index contributed by atoms with van der Waals surface area (Å²) in [6, 6.07) is 3.62. The van der Waals surface area contributed by atoms with Crippen LogP contribution in [0.3, 0.4) is 0 Å². The predicted molar refractivity (Wildman–Crippen MR) is 91.0 cm³/mol. The van der Waals surface area contributed by atoms with Crippen LogP contribution in [-0.4, -0.2) is 41.7 Å². The number of anilines is 2. The van der Waals surface area contributed by atoms with E-state index >= 15 is 0 Å². The van der Waals surface area contributed by atoms with Gasteiger partial charge in [-0.1, -0.05) is 0 Å². The van der Waals surface area contributed by atoms with E-state index in [1.165, 1.54) is 12.8 Å². The number of nitrogens with two attached hydrogens (primary N) is 1. The molecule has 22 heavy (non-hydrogen) atoms. The van der Waals surface area contributed by atoms with E-state index in [0.29, 0.717) is 28.0 Å². The van der Waals surface area contributed by atoms with Crippen LogP contribution in [0.15, 0.2) is 12.1 Å². The molecule has 6 nitrogen and oxygen atoms in total. The summed E-state index contributed by atoms with van der Waals surface area (Å²) < 4.78 is 10.9. The number of ether oxygens (including phenoxy) is 2. The summed E-state index contributed by atoms with van der Waals surface area (Å²) in [5.74, 6) is 2.23. The Morgan fingerprint density at radius 3 is 2.50 bits per heavy atom. The average molecular weight is 320 g/mol. The fourth-order valence-corrected chi connectivity index (χ4v) is 3.12. The van der Waals surface area contributed by atoms with Crippen molar-refractivity contribution in [2.75, 3.05) is 38.1 Å². The standard InChI is InChI=1S/C15H20N4O2S/c1-20-11-6-9-10(7-12(11)21-2)18-14(19-13(9)16)17-8-15(22-3)4-5-15/h6-7H,4-5,8H2,1-3H3,(H3,16,17,18,19). The molecular formula is C15H20N4O2S. The highest BCUT2D eigenvalue weighted by Gasteiger charge is 2.41. The number of aromatic nitrogens is 2. The van der Waals surface area contributed by atoms with E-state index in [4.69, 9.17) is 15.2 Å². The molecule has 1 heterocycles. The third-order valence-electron chi connectivity index (χ3n) is 4.04. The fourth-order valence-electron chi connectivity index (χ4n) is 2.39. The number of nitrogens with zero attached hydrogens (tertiary/aromatic N) is 2. The fraction of sp³-hybridized carbons (Fsp3) is 0.467. The molecule has 118 valence electrons. The number of thioether (sulfide) groups is 1. The molecule has 1 saturated carbocycles. The molecule has 1 aliphatic rings. The van der Waals surface area contributed by atoms with Crippen LogP contribution in [0.1, 0.15) is 12.8 Å². The summed E-state index contributed by atoms with van der Waals surface area (Å²) in [6.45, 7) is 0.854. The lowest BCUT2D eigenvalue weighted by molar-refractivity contribution is 0.356. The van der Waals surface area contributed by atoms with Crippen LogP contribution >= 0.6 is 11.8 Å². The number of hydrogen-bond donors (Lipinski definition) is 2. The van der Waals surface area contributed by atoms with E-state index in [0.717, 1.165) is 17.4 Å². The van der Waals surface area contributed by atoms with E-state index in [9.17, 15) is 0 Å². The van der Waals surface area contributed by atoms with Gasteiger partial charge in [0.2, 0.25) is 5.95 Å². The molecule has 3 N–H and O–H groups in total. The van der Waals surface area contributed by atoms with Crippen molar-refractivity contribution in [3.05, 3.63) is 12.1 Å². The van der Waals surface area contributed by atoms with Gasteiger partial charge in [-0.05, 0) is 25.2 Å². The zero-order valence-corrected chi connectivity index (χ0v) is 13.8. The minimum Gasteiger partial charge on any atom is -0.493 e. The summed E-state index contributed by atoms with van der Waals surface area (Å²) in [6.07, 6.45) is 4.60. The number of fused-ring (bicyclic) bond motifs is 1. The zero-order chi connectivity index (χ0) is 15.7. The second-order valence-corrected chi connectivity index (χ2v) is 6.67.